The van der Waals surface area contributed by atoms with E-state index in [-0.39, 0.29) is 0 Å². The van der Waals surface area contributed by atoms with Crippen LogP contribution in [0.2, 0.25) is 0 Å². The van der Waals surface area contributed by atoms with Crippen molar-refractivity contribution in [3.8, 4) is 11.1 Å². The fourth-order valence-electron chi connectivity index (χ4n) is 4.74. The van der Waals surface area contributed by atoms with Crippen LogP contribution in [0.15, 0.2) is 36.5 Å². The summed E-state index contributed by atoms with van der Waals surface area (Å²) in [6, 6.07) is 7.34. The van der Waals surface area contributed by atoms with Crippen molar-refractivity contribution in [3.05, 3.63) is 53.6 Å². The first kappa shape index (κ1) is 23.7. The molecule has 170 valence electrons. The maximum absolute atomic E-state index is 14.7. The van der Waals surface area contributed by atoms with E-state index in [4.69, 9.17) is 0 Å². The second kappa shape index (κ2) is 11.1. The molecule has 0 unspecified atom stereocenters. The molecule has 5 heteroatoms. The van der Waals surface area contributed by atoms with E-state index in [9.17, 15) is 17.6 Å². The van der Waals surface area contributed by atoms with Crippen molar-refractivity contribution in [1.29, 1.82) is 0 Å². The van der Waals surface area contributed by atoms with Crippen molar-refractivity contribution in [2.75, 3.05) is 0 Å². The minimum atomic E-state index is -4.49. The van der Waals surface area contributed by atoms with Crippen LogP contribution in [0.5, 0.6) is 0 Å². The van der Waals surface area contributed by atoms with E-state index in [0.717, 1.165) is 36.6 Å². The van der Waals surface area contributed by atoms with Gasteiger partial charge in [0.05, 0.1) is 0 Å². The molecule has 0 aliphatic heterocycles. The summed E-state index contributed by atoms with van der Waals surface area (Å²) in [5, 5.41) is 0. The summed E-state index contributed by atoms with van der Waals surface area (Å²) in [7, 11) is 0. The summed E-state index contributed by atoms with van der Waals surface area (Å²) in [5.41, 5.74) is 0.687. The lowest BCUT2D eigenvalue weighted by Crippen LogP contribution is -2.13. The van der Waals surface area contributed by atoms with Gasteiger partial charge in [-0.3, -0.25) is 4.98 Å². The van der Waals surface area contributed by atoms with Crippen LogP contribution in [0, 0.1) is 11.7 Å². The molecule has 1 aromatic heterocycles. The zero-order valence-corrected chi connectivity index (χ0v) is 18.4. The Labute approximate surface area is 183 Å². The largest absolute Gasteiger partial charge is 0.433 e. The monoisotopic (exact) mass is 435 g/mol. The Morgan fingerprint density at radius 2 is 1.61 bits per heavy atom. The summed E-state index contributed by atoms with van der Waals surface area (Å²) in [6.07, 6.45) is 10.5. The fourth-order valence-corrected chi connectivity index (χ4v) is 4.74. The first-order valence-electron chi connectivity index (χ1n) is 11.7. The molecule has 1 aliphatic rings. The molecule has 1 nitrogen and oxygen atoms in total. The first-order chi connectivity index (χ1) is 14.9. The molecule has 3 rings (SSSR count). The van der Waals surface area contributed by atoms with Gasteiger partial charge in [-0.05, 0) is 55.2 Å². The molecule has 2 aromatic rings. The highest BCUT2D eigenvalue weighted by atomic mass is 19.4. The molecule has 1 heterocycles. The van der Waals surface area contributed by atoms with Gasteiger partial charge in [0.25, 0.3) is 0 Å². The fraction of sp³-hybridized carbons (Fsp3) is 0.577. The average molecular weight is 436 g/mol. The number of hydrogen-bond acceptors (Lipinski definition) is 1. The number of rotatable bonds is 9. The highest BCUT2D eigenvalue weighted by molar-refractivity contribution is 5.63. The van der Waals surface area contributed by atoms with Crippen molar-refractivity contribution >= 4 is 0 Å². The van der Waals surface area contributed by atoms with Crippen molar-refractivity contribution in [3.63, 3.8) is 0 Å². The summed E-state index contributed by atoms with van der Waals surface area (Å²) in [6.45, 7) is 2.24. The van der Waals surface area contributed by atoms with Crippen LogP contribution in [-0.4, -0.2) is 4.98 Å². The number of alkyl halides is 3. The third-order valence-corrected chi connectivity index (χ3v) is 6.64. The molecule has 0 radical (unpaired) electrons. The zero-order chi connectivity index (χ0) is 22.3. The standard InChI is InChI=1S/C26H33F4N/c1-2-3-4-5-6-7-8-19-9-11-20(12-10-19)21-13-15-23(24(27)17-21)22-14-16-25(31-18-22)26(28,29)30/h13-20H,2-12H2,1H3. The van der Waals surface area contributed by atoms with E-state index in [1.54, 1.807) is 12.1 Å². The Kier molecular flexibility index (Phi) is 8.50. The first-order valence-corrected chi connectivity index (χ1v) is 11.7. The Hall–Kier alpha value is -1.91. The van der Waals surface area contributed by atoms with E-state index < -0.39 is 17.7 Å². The van der Waals surface area contributed by atoms with Gasteiger partial charge in [-0.2, -0.15) is 13.2 Å². The zero-order valence-electron chi connectivity index (χ0n) is 18.4. The van der Waals surface area contributed by atoms with Gasteiger partial charge >= 0.3 is 6.18 Å². The maximum Gasteiger partial charge on any atom is 0.433 e. The van der Waals surface area contributed by atoms with Gasteiger partial charge in [0, 0.05) is 17.3 Å². The maximum atomic E-state index is 14.7. The summed E-state index contributed by atoms with van der Waals surface area (Å²) in [4.78, 5) is 3.44. The van der Waals surface area contributed by atoms with Gasteiger partial charge < -0.3 is 0 Å². The number of nitrogens with zero attached hydrogens (tertiary/aromatic N) is 1. The molecule has 0 amide bonds. The number of aromatic nitrogens is 1. The van der Waals surface area contributed by atoms with Gasteiger partial charge in [0.1, 0.15) is 11.5 Å². The highest BCUT2D eigenvalue weighted by Gasteiger charge is 2.32. The second-order valence-corrected chi connectivity index (χ2v) is 8.94. The Morgan fingerprint density at radius 3 is 2.23 bits per heavy atom. The van der Waals surface area contributed by atoms with Crippen LogP contribution in [0.3, 0.4) is 0 Å². The molecule has 1 aliphatic carbocycles. The molecule has 0 saturated heterocycles. The lowest BCUT2D eigenvalue weighted by atomic mass is 9.77. The van der Waals surface area contributed by atoms with Gasteiger partial charge in [0.15, 0.2) is 0 Å². The minimum absolute atomic E-state index is 0.293. The predicted octanol–water partition coefficient (Wildman–Crippen LogP) is 8.93. The smallest absolute Gasteiger partial charge is 0.251 e. The molecule has 0 bridgehead atoms. The van der Waals surface area contributed by atoms with E-state index in [2.05, 4.69) is 11.9 Å². The second-order valence-electron chi connectivity index (χ2n) is 8.94. The molecule has 1 saturated carbocycles. The van der Waals surface area contributed by atoms with Crippen LogP contribution in [0.4, 0.5) is 17.6 Å². The van der Waals surface area contributed by atoms with Crippen molar-refractivity contribution in [1.82, 2.24) is 4.98 Å². The number of unbranched alkanes of at least 4 members (excludes halogenated alkanes) is 5. The molecule has 0 spiro atoms. The van der Waals surface area contributed by atoms with E-state index in [1.807, 2.05) is 6.07 Å². The Morgan fingerprint density at radius 1 is 0.903 bits per heavy atom. The van der Waals surface area contributed by atoms with Crippen LogP contribution in [0.25, 0.3) is 11.1 Å². The summed E-state index contributed by atoms with van der Waals surface area (Å²) < 4.78 is 52.8. The lowest BCUT2D eigenvalue weighted by molar-refractivity contribution is -0.141. The lowest BCUT2D eigenvalue weighted by Gasteiger charge is -2.29. The third kappa shape index (κ3) is 6.78. The van der Waals surface area contributed by atoms with Gasteiger partial charge in [-0.25, -0.2) is 4.39 Å². The van der Waals surface area contributed by atoms with E-state index >= 15 is 0 Å². The molecule has 1 fully saturated rings. The number of hydrogen-bond donors (Lipinski definition) is 0. The quantitative estimate of drug-likeness (QED) is 0.283. The molecular formula is C26H33F4N. The third-order valence-electron chi connectivity index (χ3n) is 6.64. The van der Waals surface area contributed by atoms with Crippen molar-refractivity contribution in [2.45, 2.75) is 89.6 Å². The van der Waals surface area contributed by atoms with E-state index in [1.165, 1.54) is 63.9 Å². The average Bonchev–Trinajstić information content (AvgIpc) is 2.76. The minimum Gasteiger partial charge on any atom is -0.251 e. The number of benzene rings is 1. The van der Waals surface area contributed by atoms with Crippen molar-refractivity contribution < 1.29 is 17.6 Å². The van der Waals surface area contributed by atoms with Crippen LogP contribution < -0.4 is 0 Å². The molecule has 0 atom stereocenters. The normalized spacial score (nSPS) is 19.5. The predicted molar refractivity (Wildman–Crippen MR) is 117 cm³/mol. The topological polar surface area (TPSA) is 12.9 Å². The van der Waals surface area contributed by atoms with Gasteiger partial charge in [0.2, 0.25) is 0 Å². The summed E-state index contributed by atoms with van der Waals surface area (Å²) in [5.74, 6) is 0.771. The summed E-state index contributed by atoms with van der Waals surface area (Å²) >= 11 is 0. The molecule has 31 heavy (non-hydrogen) atoms. The van der Waals surface area contributed by atoms with Crippen LogP contribution >= 0.6 is 0 Å². The molecule has 0 N–H and O–H groups in total. The van der Waals surface area contributed by atoms with E-state index in [0.29, 0.717) is 17.0 Å². The number of pyridine rings is 1. The highest BCUT2D eigenvalue weighted by Crippen LogP contribution is 2.39. The van der Waals surface area contributed by atoms with Gasteiger partial charge in [-0.1, -0.05) is 70.1 Å². The Balaban J connectivity index is 1.52. The Bertz CT molecular complexity index is 805. The van der Waals surface area contributed by atoms with Crippen molar-refractivity contribution in [2.24, 2.45) is 5.92 Å². The molecule has 1 aromatic carbocycles. The SMILES string of the molecule is CCCCCCCCC1CCC(c2ccc(-c3ccc(C(F)(F)F)nc3)c(F)c2)CC1. The van der Waals surface area contributed by atoms with Crippen LogP contribution in [0.1, 0.15) is 94.7 Å². The van der Waals surface area contributed by atoms with Crippen LogP contribution in [-0.2, 0) is 6.18 Å². The van der Waals surface area contributed by atoms with Gasteiger partial charge in [-0.15, -0.1) is 0 Å². The molecular weight excluding hydrogens is 402 g/mol. The number of halogens is 4.